The molecule has 0 unspecified atom stereocenters. The van der Waals surface area contributed by atoms with E-state index in [0.29, 0.717) is 44.4 Å². The summed E-state index contributed by atoms with van der Waals surface area (Å²) in [5, 5.41) is 3.09. The molecule has 0 fully saturated rings. The number of hydrogen-bond acceptors (Lipinski definition) is 7. The van der Waals surface area contributed by atoms with E-state index in [1.807, 2.05) is 112 Å². The zero-order valence-electron chi connectivity index (χ0n) is 29.3. The summed E-state index contributed by atoms with van der Waals surface area (Å²) in [6, 6.07) is 28.8. The van der Waals surface area contributed by atoms with E-state index < -0.39 is 6.04 Å². The van der Waals surface area contributed by atoms with E-state index in [2.05, 4.69) is 30.1 Å². The van der Waals surface area contributed by atoms with Gasteiger partial charge in [-0.15, -0.1) is 0 Å². The SMILES string of the molecule is CCN(CC)c1ccc(/C=c2\sc3n(c2=O)[C@@H](c2ccc(OC)cc2)C(C(=O)Nc2ccc(C)cc2C)=C(C)N=3)c(OCc2ccccc2)c1. The molecular formula is C41H42N4O4S. The van der Waals surface area contributed by atoms with E-state index in [4.69, 9.17) is 14.5 Å². The standard InChI is InChI=1S/C41H42N4O4S/c1-7-44(8-2)32-18-15-31(35(24-32)49-25-29-12-10-9-11-13-29)23-36-40(47)45-38(30-16-19-33(48-6)20-17-30)37(28(5)42-41(45)50-36)39(46)43-34-21-14-26(3)22-27(34)4/h9-24,38H,7-8,25H2,1-6H3,(H,43,46)/b36-23-/t38-/m0/s1. The van der Waals surface area contributed by atoms with Gasteiger partial charge in [0.15, 0.2) is 4.80 Å². The minimum absolute atomic E-state index is 0.235. The molecule has 0 saturated carbocycles. The summed E-state index contributed by atoms with van der Waals surface area (Å²) in [5.41, 5.74) is 7.14. The molecule has 1 aliphatic rings. The largest absolute Gasteiger partial charge is 0.497 e. The molecule has 6 rings (SSSR count). The number of carbonyl (C=O) groups is 1. The fourth-order valence-electron chi connectivity index (χ4n) is 6.29. The zero-order valence-corrected chi connectivity index (χ0v) is 30.1. The van der Waals surface area contributed by atoms with E-state index >= 15 is 0 Å². The van der Waals surface area contributed by atoms with Crippen molar-refractivity contribution in [3.05, 3.63) is 150 Å². The number of allylic oxidation sites excluding steroid dienone is 1. The Kier molecular flexibility index (Phi) is 10.3. The Balaban J connectivity index is 1.46. The first-order valence-corrected chi connectivity index (χ1v) is 17.6. The van der Waals surface area contributed by atoms with E-state index in [1.54, 1.807) is 11.7 Å². The molecule has 2 heterocycles. The number of carbonyl (C=O) groups excluding carboxylic acids is 1. The van der Waals surface area contributed by atoms with Crippen LogP contribution in [0.3, 0.4) is 0 Å². The number of ether oxygens (including phenoxy) is 2. The molecule has 9 heteroatoms. The first kappa shape index (κ1) is 34.5. The third-order valence-corrected chi connectivity index (χ3v) is 9.96. The molecule has 0 radical (unpaired) electrons. The average molecular weight is 687 g/mol. The van der Waals surface area contributed by atoms with Crippen LogP contribution in [0.2, 0.25) is 0 Å². The van der Waals surface area contributed by atoms with Crippen LogP contribution in [0.15, 0.2) is 112 Å². The van der Waals surface area contributed by atoms with Crippen molar-refractivity contribution in [1.82, 2.24) is 4.57 Å². The van der Waals surface area contributed by atoms with E-state index in [9.17, 15) is 9.59 Å². The quantitative estimate of drug-likeness (QED) is 0.163. The molecule has 8 nitrogen and oxygen atoms in total. The summed E-state index contributed by atoms with van der Waals surface area (Å²) in [6.45, 7) is 12.2. The predicted molar refractivity (Wildman–Crippen MR) is 202 cm³/mol. The van der Waals surface area contributed by atoms with E-state index in [0.717, 1.165) is 46.6 Å². The molecule has 1 atom stereocenters. The Morgan fingerprint density at radius 1 is 0.960 bits per heavy atom. The van der Waals surface area contributed by atoms with Gasteiger partial charge in [-0.25, -0.2) is 4.99 Å². The van der Waals surface area contributed by atoms with Crippen LogP contribution < -0.4 is 34.6 Å². The third kappa shape index (κ3) is 7.14. The van der Waals surface area contributed by atoms with Gasteiger partial charge in [0.1, 0.15) is 18.1 Å². The molecule has 1 aromatic heterocycles. The number of thiazole rings is 1. The molecule has 1 N–H and O–H groups in total. The molecule has 1 aliphatic heterocycles. The van der Waals surface area contributed by atoms with Crippen LogP contribution in [0.4, 0.5) is 11.4 Å². The number of fused-ring (bicyclic) bond motifs is 1. The van der Waals surface area contributed by atoms with Gasteiger partial charge < -0.3 is 19.7 Å². The van der Waals surface area contributed by atoms with Crippen molar-refractivity contribution in [2.75, 3.05) is 30.4 Å². The summed E-state index contributed by atoms with van der Waals surface area (Å²) in [6.07, 6.45) is 1.87. The topological polar surface area (TPSA) is 85.2 Å². The van der Waals surface area contributed by atoms with Gasteiger partial charge in [-0.05, 0) is 87.7 Å². The molecule has 0 saturated heterocycles. The number of aromatic nitrogens is 1. The van der Waals surface area contributed by atoms with Crippen molar-refractivity contribution in [3.63, 3.8) is 0 Å². The number of benzene rings is 4. The molecule has 5 aromatic rings. The Bertz CT molecular complexity index is 2230. The summed E-state index contributed by atoms with van der Waals surface area (Å²) >= 11 is 1.30. The third-order valence-electron chi connectivity index (χ3n) is 8.98. The fraction of sp³-hybridized carbons (Fsp3) is 0.244. The van der Waals surface area contributed by atoms with Crippen molar-refractivity contribution in [3.8, 4) is 11.5 Å². The number of nitrogens with zero attached hydrogens (tertiary/aromatic N) is 3. The molecule has 0 spiro atoms. The number of aryl methyl sites for hydroxylation is 2. The normalized spacial score (nSPS) is 14.2. The molecule has 256 valence electrons. The lowest BCUT2D eigenvalue weighted by Gasteiger charge is -2.25. The molecule has 0 bridgehead atoms. The molecular weight excluding hydrogens is 645 g/mol. The van der Waals surface area contributed by atoms with Crippen molar-refractivity contribution in [1.29, 1.82) is 0 Å². The Labute approximate surface area is 296 Å². The van der Waals surface area contributed by atoms with E-state index in [-0.39, 0.29) is 11.5 Å². The first-order chi connectivity index (χ1) is 24.2. The smallest absolute Gasteiger partial charge is 0.271 e. The Morgan fingerprint density at radius 2 is 1.70 bits per heavy atom. The van der Waals surface area contributed by atoms with Crippen LogP contribution >= 0.6 is 11.3 Å². The monoisotopic (exact) mass is 686 g/mol. The average Bonchev–Trinajstić information content (AvgIpc) is 3.43. The highest BCUT2D eigenvalue weighted by Crippen LogP contribution is 2.33. The number of amides is 1. The summed E-state index contributed by atoms with van der Waals surface area (Å²) in [5.74, 6) is 1.05. The number of hydrogen-bond donors (Lipinski definition) is 1. The van der Waals surface area contributed by atoms with Crippen LogP contribution in [0.1, 0.15) is 54.6 Å². The van der Waals surface area contributed by atoms with Crippen molar-refractivity contribution >= 4 is 34.7 Å². The second-order valence-electron chi connectivity index (χ2n) is 12.3. The van der Waals surface area contributed by atoms with E-state index in [1.165, 1.54) is 11.3 Å². The van der Waals surface area contributed by atoms with Crippen LogP contribution in [-0.2, 0) is 11.4 Å². The van der Waals surface area contributed by atoms with Gasteiger partial charge in [-0.2, -0.15) is 0 Å². The minimum Gasteiger partial charge on any atom is -0.497 e. The van der Waals surface area contributed by atoms with Crippen LogP contribution in [0.5, 0.6) is 11.5 Å². The molecule has 1 amide bonds. The van der Waals surface area contributed by atoms with Crippen LogP contribution in [-0.4, -0.2) is 30.7 Å². The second-order valence-corrected chi connectivity index (χ2v) is 13.3. The lowest BCUT2D eigenvalue weighted by molar-refractivity contribution is -0.113. The lowest BCUT2D eigenvalue weighted by Crippen LogP contribution is -2.40. The maximum atomic E-state index is 14.5. The molecule has 50 heavy (non-hydrogen) atoms. The van der Waals surface area contributed by atoms with Crippen molar-refractivity contribution in [2.24, 2.45) is 4.99 Å². The highest BCUT2D eigenvalue weighted by Gasteiger charge is 2.33. The Hall–Kier alpha value is -5.41. The molecule has 0 aliphatic carbocycles. The first-order valence-electron chi connectivity index (χ1n) is 16.8. The van der Waals surface area contributed by atoms with Crippen molar-refractivity contribution < 1.29 is 14.3 Å². The maximum absolute atomic E-state index is 14.5. The highest BCUT2D eigenvalue weighted by atomic mass is 32.1. The van der Waals surface area contributed by atoms with Crippen LogP contribution in [0, 0.1) is 13.8 Å². The summed E-state index contributed by atoms with van der Waals surface area (Å²) in [7, 11) is 1.61. The minimum atomic E-state index is -0.705. The van der Waals surface area contributed by atoms with Gasteiger partial charge in [0.25, 0.3) is 11.5 Å². The van der Waals surface area contributed by atoms with Gasteiger partial charge in [0, 0.05) is 36.1 Å². The number of rotatable bonds is 11. The summed E-state index contributed by atoms with van der Waals surface area (Å²) in [4.78, 5) is 36.2. The number of methoxy groups -OCH3 is 1. The zero-order chi connectivity index (χ0) is 35.4. The fourth-order valence-corrected chi connectivity index (χ4v) is 7.32. The number of anilines is 2. The van der Waals surface area contributed by atoms with Gasteiger partial charge in [-0.1, -0.05) is 71.5 Å². The van der Waals surface area contributed by atoms with Gasteiger partial charge in [0.05, 0.1) is 29.0 Å². The molecule has 4 aromatic carbocycles. The predicted octanol–water partition coefficient (Wildman–Crippen LogP) is 6.92. The van der Waals surface area contributed by atoms with Gasteiger partial charge >= 0.3 is 0 Å². The van der Waals surface area contributed by atoms with Gasteiger partial charge in [0.2, 0.25) is 0 Å². The van der Waals surface area contributed by atoms with Gasteiger partial charge in [-0.3, -0.25) is 14.2 Å². The maximum Gasteiger partial charge on any atom is 0.271 e. The highest BCUT2D eigenvalue weighted by molar-refractivity contribution is 7.07. The second kappa shape index (κ2) is 15.0. The summed E-state index contributed by atoms with van der Waals surface area (Å²) < 4.78 is 14.0. The van der Waals surface area contributed by atoms with Crippen LogP contribution in [0.25, 0.3) is 6.08 Å². The number of nitrogens with one attached hydrogen (secondary N) is 1. The Morgan fingerprint density at radius 3 is 2.38 bits per heavy atom. The van der Waals surface area contributed by atoms with Crippen molar-refractivity contribution in [2.45, 2.75) is 47.3 Å². The lowest BCUT2D eigenvalue weighted by atomic mass is 9.95.